The van der Waals surface area contributed by atoms with Gasteiger partial charge in [0.15, 0.2) is 0 Å². The van der Waals surface area contributed by atoms with Crippen molar-refractivity contribution in [3.8, 4) is 0 Å². The molecular weight excluding hydrogens is 210 g/mol. The van der Waals surface area contributed by atoms with Gasteiger partial charge >= 0.3 is 0 Å². The van der Waals surface area contributed by atoms with Crippen molar-refractivity contribution in [1.82, 2.24) is 10.6 Å². The largest absolute Gasteiger partial charge is 0.315 e. The summed E-state index contributed by atoms with van der Waals surface area (Å²) in [5, 5.41) is 6.64. The molecule has 2 nitrogen and oxygen atoms in total. The number of hydrogen-bond acceptors (Lipinski definition) is 2. The molecule has 1 saturated carbocycles. The molecule has 1 rings (SSSR count). The van der Waals surface area contributed by atoms with Gasteiger partial charge < -0.3 is 10.6 Å². The Hall–Kier alpha value is -0.220. The Morgan fingerprint density at radius 2 is 1.81 bits per heavy atom. The lowest BCUT2D eigenvalue weighted by atomic mass is 9.87. The molecule has 0 heterocycles. The molecule has 0 aromatic carbocycles. The van der Waals surface area contributed by atoms with E-state index in [-0.39, 0.29) is 12.8 Å². The van der Waals surface area contributed by atoms with Crippen LogP contribution in [0.2, 0.25) is 0 Å². The fraction of sp³-hybridized carbons (Fsp3) is 1.00. The standard InChI is InChI=1S/C12H24F2N2/c1-10(2)16-8-7-15-9-11-3-5-12(13,14)6-4-11/h10-11,15-16H,3-9H2,1-2H3. The van der Waals surface area contributed by atoms with Crippen LogP contribution < -0.4 is 10.6 Å². The second-order valence-electron chi connectivity index (χ2n) is 5.11. The summed E-state index contributed by atoms with van der Waals surface area (Å²) in [5.74, 6) is -1.95. The van der Waals surface area contributed by atoms with E-state index >= 15 is 0 Å². The van der Waals surface area contributed by atoms with Crippen LogP contribution in [0.4, 0.5) is 8.78 Å². The second kappa shape index (κ2) is 6.50. The number of nitrogens with one attached hydrogen (secondary N) is 2. The van der Waals surface area contributed by atoms with Gasteiger partial charge in [-0.1, -0.05) is 13.8 Å². The first-order chi connectivity index (χ1) is 7.49. The molecule has 0 aromatic rings. The Labute approximate surface area is 97.2 Å². The molecule has 0 amide bonds. The average molecular weight is 234 g/mol. The second-order valence-corrected chi connectivity index (χ2v) is 5.11. The Bertz CT molecular complexity index is 185. The zero-order valence-electron chi connectivity index (χ0n) is 10.4. The van der Waals surface area contributed by atoms with Crippen molar-refractivity contribution in [3.05, 3.63) is 0 Å². The molecule has 0 radical (unpaired) electrons. The topological polar surface area (TPSA) is 24.1 Å². The summed E-state index contributed by atoms with van der Waals surface area (Å²) in [6, 6.07) is 0.509. The quantitative estimate of drug-likeness (QED) is 0.690. The third-order valence-electron chi connectivity index (χ3n) is 3.12. The van der Waals surface area contributed by atoms with E-state index in [0.29, 0.717) is 24.8 Å². The van der Waals surface area contributed by atoms with Gasteiger partial charge in [0.25, 0.3) is 0 Å². The van der Waals surface area contributed by atoms with Crippen LogP contribution in [0.1, 0.15) is 39.5 Å². The molecule has 0 aromatic heterocycles. The van der Waals surface area contributed by atoms with Crippen LogP contribution >= 0.6 is 0 Å². The van der Waals surface area contributed by atoms with Crippen LogP contribution in [0.25, 0.3) is 0 Å². The minimum absolute atomic E-state index is 0.0730. The van der Waals surface area contributed by atoms with Gasteiger partial charge in [0, 0.05) is 32.0 Å². The summed E-state index contributed by atoms with van der Waals surface area (Å²) in [7, 11) is 0. The van der Waals surface area contributed by atoms with E-state index in [2.05, 4.69) is 24.5 Å². The molecule has 0 aliphatic heterocycles. The van der Waals surface area contributed by atoms with E-state index < -0.39 is 5.92 Å². The maximum absolute atomic E-state index is 12.9. The van der Waals surface area contributed by atoms with E-state index in [9.17, 15) is 8.78 Å². The van der Waals surface area contributed by atoms with Crippen LogP contribution in [0.5, 0.6) is 0 Å². The summed E-state index contributed by atoms with van der Waals surface area (Å²) in [6.07, 6.45) is 1.47. The lowest BCUT2D eigenvalue weighted by molar-refractivity contribution is -0.0454. The zero-order valence-corrected chi connectivity index (χ0v) is 10.4. The van der Waals surface area contributed by atoms with E-state index in [1.807, 2.05) is 0 Å². The molecule has 0 atom stereocenters. The van der Waals surface area contributed by atoms with Gasteiger partial charge in [0.1, 0.15) is 0 Å². The van der Waals surface area contributed by atoms with Crippen LogP contribution in [0, 0.1) is 5.92 Å². The molecule has 0 unspecified atom stereocenters. The highest BCUT2D eigenvalue weighted by atomic mass is 19.3. The normalized spacial score (nSPS) is 21.6. The molecule has 2 N–H and O–H groups in total. The molecule has 0 bridgehead atoms. The van der Waals surface area contributed by atoms with Crippen molar-refractivity contribution in [2.45, 2.75) is 51.5 Å². The summed E-state index contributed by atoms with van der Waals surface area (Å²) >= 11 is 0. The minimum Gasteiger partial charge on any atom is -0.315 e. The van der Waals surface area contributed by atoms with Crippen molar-refractivity contribution < 1.29 is 8.78 Å². The molecule has 1 aliphatic rings. The number of hydrogen-bond donors (Lipinski definition) is 2. The van der Waals surface area contributed by atoms with Crippen LogP contribution in [-0.4, -0.2) is 31.6 Å². The highest BCUT2D eigenvalue weighted by Crippen LogP contribution is 2.35. The highest BCUT2D eigenvalue weighted by molar-refractivity contribution is 4.78. The van der Waals surface area contributed by atoms with Gasteiger partial charge in [-0.05, 0) is 25.3 Å². The maximum Gasteiger partial charge on any atom is 0.248 e. The number of rotatable bonds is 6. The van der Waals surface area contributed by atoms with E-state index in [4.69, 9.17) is 0 Å². The van der Waals surface area contributed by atoms with Crippen molar-refractivity contribution in [3.63, 3.8) is 0 Å². The third-order valence-corrected chi connectivity index (χ3v) is 3.12. The molecule has 1 aliphatic carbocycles. The van der Waals surface area contributed by atoms with Crippen molar-refractivity contribution in [2.24, 2.45) is 5.92 Å². The minimum atomic E-state index is -2.39. The monoisotopic (exact) mass is 234 g/mol. The lowest BCUT2D eigenvalue weighted by Crippen LogP contribution is -2.35. The number of halogens is 2. The summed E-state index contributed by atoms with van der Waals surface area (Å²) in [5.41, 5.74) is 0. The maximum atomic E-state index is 12.9. The summed E-state index contributed by atoms with van der Waals surface area (Å²) in [6.45, 7) is 6.98. The van der Waals surface area contributed by atoms with Crippen molar-refractivity contribution in [1.29, 1.82) is 0 Å². The highest BCUT2D eigenvalue weighted by Gasteiger charge is 2.34. The first kappa shape index (κ1) is 13.8. The van der Waals surface area contributed by atoms with Gasteiger partial charge in [0.2, 0.25) is 5.92 Å². The number of alkyl halides is 2. The first-order valence-corrected chi connectivity index (χ1v) is 6.31. The van der Waals surface area contributed by atoms with E-state index in [0.717, 1.165) is 19.6 Å². The first-order valence-electron chi connectivity index (χ1n) is 6.31. The Kier molecular flexibility index (Phi) is 5.62. The molecular formula is C12H24F2N2. The van der Waals surface area contributed by atoms with Crippen LogP contribution in [-0.2, 0) is 0 Å². The van der Waals surface area contributed by atoms with Gasteiger partial charge in [-0.2, -0.15) is 0 Å². The molecule has 0 spiro atoms. The molecule has 16 heavy (non-hydrogen) atoms. The predicted molar refractivity (Wildman–Crippen MR) is 62.9 cm³/mol. The van der Waals surface area contributed by atoms with E-state index in [1.165, 1.54) is 0 Å². The molecule has 1 fully saturated rings. The molecule has 0 saturated heterocycles. The Morgan fingerprint density at radius 3 is 2.38 bits per heavy atom. The third kappa shape index (κ3) is 5.75. The van der Waals surface area contributed by atoms with Crippen molar-refractivity contribution >= 4 is 0 Å². The average Bonchev–Trinajstić information content (AvgIpc) is 2.19. The predicted octanol–water partition coefficient (Wildman–Crippen LogP) is 2.40. The lowest BCUT2D eigenvalue weighted by Gasteiger charge is -2.28. The smallest absolute Gasteiger partial charge is 0.248 e. The SMILES string of the molecule is CC(C)NCCNCC1CCC(F)(F)CC1. The Balaban J connectivity index is 1.98. The molecule has 96 valence electrons. The van der Waals surface area contributed by atoms with Gasteiger partial charge in [-0.3, -0.25) is 0 Å². The summed E-state index contributed by atoms with van der Waals surface area (Å²) in [4.78, 5) is 0. The fourth-order valence-electron chi connectivity index (χ4n) is 2.06. The van der Waals surface area contributed by atoms with Crippen LogP contribution in [0.15, 0.2) is 0 Å². The van der Waals surface area contributed by atoms with Crippen LogP contribution in [0.3, 0.4) is 0 Å². The summed E-state index contributed by atoms with van der Waals surface area (Å²) < 4.78 is 25.8. The van der Waals surface area contributed by atoms with Gasteiger partial charge in [-0.25, -0.2) is 8.78 Å². The fourth-order valence-corrected chi connectivity index (χ4v) is 2.06. The molecule has 4 heteroatoms. The van der Waals surface area contributed by atoms with Gasteiger partial charge in [0.05, 0.1) is 0 Å². The van der Waals surface area contributed by atoms with Crippen molar-refractivity contribution in [2.75, 3.05) is 19.6 Å². The Morgan fingerprint density at radius 1 is 1.19 bits per heavy atom. The van der Waals surface area contributed by atoms with E-state index in [1.54, 1.807) is 0 Å². The zero-order chi connectivity index (χ0) is 12.0. The van der Waals surface area contributed by atoms with Gasteiger partial charge in [-0.15, -0.1) is 0 Å².